The van der Waals surface area contributed by atoms with E-state index in [2.05, 4.69) is 12.2 Å². The lowest BCUT2D eigenvalue weighted by molar-refractivity contribution is 0.246. The summed E-state index contributed by atoms with van der Waals surface area (Å²) >= 11 is 5.93. The summed E-state index contributed by atoms with van der Waals surface area (Å²) in [5, 5.41) is 4.08. The van der Waals surface area contributed by atoms with E-state index < -0.39 is 0 Å². The third kappa shape index (κ3) is 4.30. The molecule has 1 unspecified atom stereocenters. The van der Waals surface area contributed by atoms with Crippen LogP contribution in [0.2, 0.25) is 5.02 Å². The van der Waals surface area contributed by atoms with Gasteiger partial charge in [0.25, 0.3) is 0 Å². The van der Waals surface area contributed by atoms with E-state index in [4.69, 9.17) is 20.8 Å². The van der Waals surface area contributed by atoms with Crippen molar-refractivity contribution in [1.82, 2.24) is 5.32 Å². The summed E-state index contributed by atoms with van der Waals surface area (Å²) in [6.45, 7) is 3.56. The quantitative estimate of drug-likeness (QED) is 0.830. The minimum absolute atomic E-state index is 0.0499. The molecule has 0 aliphatic heterocycles. The Hall–Kier alpha value is -1.45. The first-order valence-corrected chi connectivity index (χ1v) is 6.82. The molecular formula is C15H18ClNO2. The summed E-state index contributed by atoms with van der Waals surface area (Å²) in [6, 6.07) is 11.3. The molecule has 1 aromatic carbocycles. The molecule has 0 saturated heterocycles. The number of rotatable bonds is 7. The molecule has 1 heterocycles. The van der Waals surface area contributed by atoms with Crippen LogP contribution in [0.3, 0.4) is 0 Å². The van der Waals surface area contributed by atoms with Crippen molar-refractivity contribution < 1.29 is 9.15 Å². The van der Waals surface area contributed by atoms with Gasteiger partial charge in [-0.3, -0.25) is 0 Å². The van der Waals surface area contributed by atoms with Crippen LogP contribution in [0.4, 0.5) is 0 Å². The van der Waals surface area contributed by atoms with E-state index in [9.17, 15) is 0 Å². The molecule has 0 aliphatic carbocycles. The van der Waals surface area contributed by atoms with Crippen molar-refractivity contribution in [2.24, 2.45) is 0 Å². The molecule has 0 saturated carbocycles. The van der Waals surface area contributed by atoms with Crippen molar-refractivity contribution in [3.8, 4) is 5.75 Å². The Labute approximate surface area is 118 Å². The van der Waals surface area contributed by atoms with Crippen LogP contribution in [0.25, 0.3) is 0 Å². The highest BCUT2D eigenvalue weighted by molar-refractivity contribution is 6.30. The molecule has 0 aliphatic rings. The first kappa shape index (κ1) is 14.0. The lowest BCUT2D eigenvalue weighted by Gasteiger charge is -2.17. The lowest BCUT2D eigenvalue weighted by Crippen LogP contribution is -2.27. The van der Waals surface area contributed by atoms with Gasteiger partial charge in [-0.1, -0.05) is 24.6 Å². The predicted molar refractivity (Wildman–Crippen MR) is 76.7 cm³/mol. The van der Waals surface area contributed by atoms with Crippen LogP contribution in [0.1, 0.15) is 25.1 Å². The van der Waals surface area contributed by atoms with Gasteiger partial charge in [0.15, 0.2) is 0 Å². The Morgan fingerprint density at radius 2 is 2.21 bits per heavy atom. The highest BCUT2D eigenvalue weighted by atomic mass is 35.5. The minimum atomic E-state index is 0.0499. The van der Waals surface area contributed by atoms with Crippen LogP contribution in [0, 0.1) is 0 Å². The molecule has 0 spiro atoms. The molecule has 0 bridgehead atoms. The molecule has 1 N–H and O–H groups in total. The van der Waals surface area contributed by atoms with E-state index in [0.717, 1.165) is 24.5 Å². The molecule has 0 amide bonds. The second kappa shape index (κ2) is 7.22. The maximum absolute atomic E-state index is 5.93. The fourth-order valence-corrected chi connectivity index (χ4v) is 1.97. The molecule has 2 aromatic rings. The van der Waals surface area contributed by atoms with Crippen molar-refractivity contribution in [2.75, 3.05) is 13.2 Å². The van der Waals surface area contributed by atoms with E-state index in [1.165, 1.54) is 0 Å². The molecule has 2 rings (SSSR count). The number of halogens is 1. The zero-order valence-electron chi connectivity index (χ0n) is 10.9. The summed E-state index contributed by atoms with van der Waals surface area (Å²) in [6.07, 6.45) is 2.74. The van der Waals surface area contributed by atoms with Crippen LogP contribution in [-0.2, 0) is 0 Å². The SMILES string of the molecule is CCCNC(COc1cccc(Cl)c1)c1ccco1. The molecule has 4 heteroatoms. The van der Waals surface area contributed by atoms with E-state index in [1.54, 1.807) is 12.3 Å². The van der Waals surface area contributed by atoms with Crippen molar-refractivity contribution in [2.45, 2.75) is 19.4 Å². The molecule has 1 atom stereocenters. The zero-order chi connectivity index (χ0) is 13.5. The van der Waals surface area contributed by atoms with Gasteiger partial charge in [-0.2, -0.15) is 0 Å². The van der Waals surface area contributed by atoms with Gasteiger partial charge in [0.05, 0.1) is 6.26 Å². The van der Waals surface area contributed by atoms with Gasteiger partial charge in [0, 0.05) is 5.02 Å². The van der Waals surface area contributed by atoms with Crippen molar-refractivity contribution >= 4 is 11.6 Å². The average molecular weight is 280 g/mol. The van der Waals surface area contributed by atoms with Gasteiger partial charge >= 0.3 is 0 Å². The summed E-state index contributed by atoms with van der Waals surface area (Å²) < 4.78 is 11.2. The van der Waals surface area contributed by atoms with E-state index in [1.807, 2.05) is 30.3 Å². The number of nitrogens with one attached hydrogen (secondary N) is 1. The van der Waals surface area contributed by atoms with Crippen LogP contribution in [0.5, 0.6) is 5.75 Å². The van der Waals surface area contributed by atoms with Gasteiger partial charge in [-0.25, -0.2) is 0 Å². The molecular weight excluding hydrogens is 262 g/mol. The van der Waals surface area contributed by atoms with Crippen LogP contribution in [-0.4, -0.2) is 13.2 Å². The summed E-state index contributed by atoms with van der Waals surface area (Å²) in [4.78, 5) is 0. The normalized spacial score (nSPS) is 12.3. The monoisotopic (exact) mass is 279 g/mol. The number of hydrogen-bond donors (Lipinski definition) is 1. The summed E-state index contributed by atoms with van der Waals surface area (Å²) in [5.74, 6) is 1.65. The number of benzene rings is 1. The first-order valence-electron chi connectivity index (χ1n) is 6.44. The minimum Gasteiger partial charge on any atom is -0.491 e. The predicted octanol–water partition coefficient (Wildman–Crippen LogP) is 4.05. The van der Waals surface area contributed by atoms with E-state index >= 15 is 0 Å². The lowest BCUT2D eigenvalue weighted by atomic mass is 10.2. The Morgan fingerprint density at radius 3 is 2.89 bits per heavy atom. The number of ether oxygens (including phenoxy) is 1. The topological polar surface area (TPSA) is 34.4 Å². The van der Waals surface area contributed by atoms with E-state index in [-0.39, 0.29) is 6.04 Å². The molecule has 102 valence electrons. The third-order valence-electron chi connectivity index (χ3n) is 2.74. The van der Waals surface area contributed by atoms with Gasteiger partial charge in [-0.15, -0.1) is 0 Å². The van der Waals surface area contributed by atoms with Gasteiger partial charge in [0.2, 0.25) is 0 Å². The molecule has 3 nitrogen and oxygen atoms in total. The highest BCUT2D eigenvalue weighted by Crippen LogP contribution is 2.20. The van der Waals surface area contributed by atoms with Crippen molar-refractivity contribution in [3.05, 3.63) is 53.4 Å². The Balaban J connectivity index is 1.96. The van der Waals surface area contributed by atoms with Crippen LogP contribution < -0.4 is 10.1 Å². The molecule has 0 fully saturated rings. The summed E-state index contributed by atoms with van der Waals surface area (Å²) in [5.41, 5.74) is 0. The number of hydrogen-bond acceptors (Lipinski definition) is 3. The Bertz CT molecular complexity index is 485. The molecule has 1 aromatic heterocycles. The second-order valence-corrected chi connectivity index (χ2v) is 4.73. The Morgan fingerprint density at radius 1 is 1.32 bits per heavy atom. The highest BCUT2D eigenvalue weighted by Gasteiger charge is 2.14. The number of furan rings is 1. The Kier molecular flexibility index (Phi) is 5.31. The maximum Gasteiger partial charge on any atom is 0.124 e. The zero-order valence-corrected chi connectivity index (χ0v) is 11.7. The largest absolute Gasteiger partial charge is 0.491 e. The average Bonchev–Trinajstić information content (AvgIpc) is 2.93. The van der Waals surface area contributed by atoms with E-state index in [0.29, 0.717) is 11.6 Å². The van der Waals surface area contributed by atoms with Crippen molar-refractivity contribution in [3.63, 3.8) is 0 Å². The third-order valence-corrected chi connectivity index (χ3v) is 2.98. The van der Waals surface area contributed by atoms with Crippen LogP contribution >= 0.6 is 11.6 Å². The summed E-state index contributed by atoms with van der Waals surface area (Å²) in [7, 11) is 0. The first-order chi connectivity index (χ1) is 9.29. The van der Waals surface area contributed by atoms with Crippen LogP contribution in [0.15, 0.2) is 47.1 Å². The molecule has 0 radical (unpaired) electrons. The second-order valence-electron chi connectivity index (χ2n) is 4.29. The fourth-order valence-electron chi connectivity index (χ4n) is 1.79. The van der Waals surface area contributed by atoms with Gasteiger partial charge in [-0.05, 0) is 43.3 Å². The smallest absolute Gasteiger partial charge is 0.124 e. The fraction of sp³-hybridized carbons (Fsp3) is 0.333. The maximum atomic E-state index is 5.93. The van der Waals surface area contributed by atoms with Gasteiger partial charge < -0.3 is 14.5 Å². The van der Waals surface area contributed by atoms with Gasteiger partial charge in [0.1, 0.15) is 24.2 Å². The standard InChI is InChI=1S/C15H18ClNO2/c1-2-8-17-14(15-7-4-9-18-15)11-19-13-6-3-5-12(16)10-13/h3-7,9-10,14,17H,2,8,11H2,1H3. The van der Waals surface area contributed by atoms with Crippen molar-refractivity contribution in [1.29, 1.82) is 0 Å². The molecule has 19 heavy (non-hydrogen) atoms.